The van der Waals surface area contributed by atoms with Crippen molar-refractivity contribution in [2.24, 2.45) is 5.10 Å². The van der Waals surface area contributed by atoms with Gasteiger partial charge in [-0.25, -0.2) is 5.43 Å². The zero-order chi connectivity index (χ0) is 16.5. The van der Waals surface area contributed by atoms with Gasteiger partial charge in [-0.3, -0.25) is 4.79 Å². The summed E-state index contributed by atoms with van der Waals surface area (Å²) in [5.74, 6) is 0.629. The molecule has 0 radical (unpaired) electrons. The first kappa shape index (κ1) is 17.5. The predicted molar refractivity (Wildman–Crippen MR) is 101 cm³/mol. The smallest absolute Gasteiger partial charge is 0.272 e. The molecule has 23 heavy (non-hydrogen) atoms. The molecule has 4 nitrogen and oxygen atoms in total. The summed E-state index contributed by atoms with van der Waals surface area (Å²) in [5.41, 5.74) is 4.05. The largest absolute Gasteiger partial charge is 0.494 e. The van der Waals surface area contributed by atoms with E-state index in [9.17, 15) is 4.79 Å². The molecule has 0 fully saturated rings. The molecule has 5 heteroatoms. The number of ether oxygens (including phenoxy) is 1. The molecule has 0 atom stereocenters. The Kier molecular flexibility index (Phi) is 7.06. The van der Waals surface area contributed by atoms with E-state index in [0.29, 0.717) is 5.56 Å². The van der Waals surface area contributed by atoms with Crippen molar-refractivity contribution < 1.29 is 9.53 Å². The van der Waals surface area contributed by atoms with Crippen molar-refractivity contribution in [1.82, 2.24) is 5.43 Å². The second kappa shape index (κ2) is 9.29. The molecular weight excluding hydrogens is 403 g/mol. The van der Waals surface area contributed by atoms with Gasteiger partial charge in [0.2, 0.25) is 0 Å². The third-order valence-corrected chi connectivity index (χ3v) is 4.09. The fourth-order valence-corrected chi connectivity index (χ4v) is 2.49. The van der Waals surface area contributed by atoms with Gasteiger partial charge in [0.05, 0.1) is 18.4 Å². The lowest BCUT2D eigenvalue weighted by atomic mass is 10.2. The summed E-state index contributed by atoms with van der Waals surface area (Å²) in [6, 6.07) is 15.0. The van der Waals surface area contributed by atoms with Crippen molar-refractivity contribution in [2.45, 2.75) is 19.8 Å². The molecule has 0 spiro atoms. The highest BCUT2D eigenvalue weighted by Gasteiger charge is 2.07. The van der Waals surface area contributed by atoms with E-state index in [1.165, 1.54) is 0 Å². The fourth-order valence-electron chi connectivity index (χ4n) is 1.86. The van der Waals surface area contributed by atoms with Crippen LogP contribution in [0.1, 0.15) is 35.7 Å². The first-order chi connectivity index (χ1) is 11.2. The maximum Gasteiger partial charge on any atom is 0.272 e. The predicted octanol–water partition coefficient (Wildman–Crippen LogP) is 4.23. The first-order valence-electron chi connectivity index (χ1n) is 7.51. The highest BCUT2D eigenvalue weighted by Crippen LogP contribution is 2.12. The molecule has 2 aromatic carbocycles. The summed E-state index contributed by atoms with van der Waals surface area (Å²) in [4.78, 5) is 12.0. The Morgan fingerprint density at radius 3 is 2.65 bits per heavy atom. The number of hydrazone groups is 1. The van der Waals surface area contributed by atoms with Crippen LogP contribution >= 0.6 is 22.6 Å². The van der Waals surface area contributed by atoms with Gasteiger partial charge < -0.3 is 4.74 Å². The van der Waals surface area contributed by atoms with Crippen LogP contribution in [-0.2, 0) is 0 Å². The van der Waals surface area contributed by atoms with Crippen LogP contribution in [0.3, 0.4) is 0 Å². The van der Waals surface area contributed by atoms with Crippen molar-refractivity contribution >= 4 is 34.7 Å². The number of carbonyl (C=O) groups excluding carboxylic acids is 1. The molecule has 0 aromatic heterocycles. The van der Waals surface area contributed by atoms with E-state index in [2.05, 4.69) is 40.0 Å². The van der Waals surface area contributed by atoms with Crippen molar-refractivity contribution in [1.29, 1.82) is 0 Å². The van der Waals surface area contributed by atoms with E-state index in [-0.39, 0.29) is 5.91 Å². The maximum atomic E-state index is 12.0. The van der Waals surface area contributed by atoms with Gasteiger partial charge in [-0.1, -0.05) is 25.5 Å². The molecule has 0 heterocycles. The van der Waals surface area contributed by atoms with Gasteiger partial charge in [0.15, 0.2) is 0 Å². The van der Waals surface area contributed by atoms with E-state index >= 15 is 0 Å². The quantitative estimate of drug-likeness (QED) is 0.314. The molecular formula is C18H19IN2O2. The number of amides is 1. The van der Waals surface area contributed by atoms with Gasteiger partial charge in [-0.05, 0) is 71.0 Å². The summed E-state index contributed by atoms with van der Waals surface area (Å²) in [7, 11) is 0. The highest BCUT2D eigenvalue weighted by molar-refractivity contribution is 14.1. The van der Waals surface area contributed by atoms with Crippen molar-refractivity contribution in [3.8, 4) is 5.75 Å². The zero-order valence-electron chi connectivity index (χ0n) is 13.0. The molecule has 0 saturated carbocycles. The number of hydrogen-bond acceptors (Lipinski definition) is 3. The second-order valence-electron chi connectivity index (χ2n) is 4.95. The van der Waals surface area contributed by atoms with Crippen LogP contribution in [0.5, 0.6) is 5.75 Å². The molecule has 2 rings (SSSR count). The molecule has 0 aliphatic rings. The SMILES string of the molecule is CCCCOc1ccc(/C=N/NC(=O)c2ccccc2I)cc1. The number of unbranched alkanes of at least 4 members (excludes halogenated alkanes) is 1. The Balaban J connectivity index is 1.88. The number of rotatable bonds is 7. The average Bonchev–Trinajstić information content (AvgIpc) is 2.57. The van der Waals surface area contributed by atoms with Crippen LogP contribution in [0.15, 0.2) is 53.6 Å². The summed E-state index contributed by atoms with van der Waals surface area (Å²) in [6.45, 7) is 2.86. The molecule has 0 aliphatic heterocycles. The van der Waals surface area contributed by atoms with E-state index in [4.69, 9.17) is 4.74 Å². The molecule has 0 unspecified atom stereocenters. The van der Waals surface area contributed by atoms with Crippen LogP contribution < -0.4 is 10.2 Å². The van der Waals surface area contributed by atoms with Gasteiger partial charge in [-0.15, -0.1) is 0 Å². The number of halogens is 1. The molecule has 1 amide bonds. The lowest BCUT2D eigenvalue weighted by Gasteiger charge is -2.05. The Labute approximate surface area is 150 Å². The van der Waals surface area contributed by atoms with Gasteiger partial charge >= 0.3 is 0 Å². The molecule has 0 bridgehead atoms. The number of carbonyl (C=O) groups is 1. The summed E-state index contributed by atoms with van der Waals surface area (Å²) in [6.07, 6.45) is 3.78. The lowest BCUT2D eigenvalue weighted by Crippen LogP contribution is -2.18. The molecule has 0 saturated heterocycles. The minimum Gasteiger partial charge on any atom is -0.494 e. The van der Waals surface area contributed by atoms with Crippen LogP contribution in [-0.4, -0.2) is 18.7 Å². The Hall–Kier alpha value is -1.89. The zero-order valence-corrected chi connectivity index (χ0v) is 15.1. The van der Waals surface area contributed by atoms with Gasteiger partial charge in [0.25, 0.3) is 5.91 Å². The molecule has 0 aliphatic carbocycles. The number of nitrogens with one attached hydrogen (secondary N) is 1. The van der Waals surface area contributed by atoms with Gasteiger partial charge in [0, 0.05) is 3.57 Å². The Morgan fingerprint density at radius 1 is 1.22 bits per heavy atom. The third-order valence-electron chi connectivity index (χ3n) is 3.14. The van der Waals surface area contributed by atoms with E-state index in [1.807, 2.05) is 42.5 Å². The normalized spacial score (nSPS) is 10.7. The lowest BCUT2D eigenvalue weighted by molar-refractivity contribution is 0.0954. The van der Waals surface area contributed by atoms with Crippen LogP contribution in [0.4, 0.5) is 0 Å². The van der Waals surface area contributed by atoms with E-state index in [0.717, 1.165) is 34.3 Å². The second-order valence-corrected chi connectivity index (χ2v) is 6.11. The Morgan fingerprint density at radius 2 is 1.96 bits per heavy atom. The summed E-state index contributed by atoms with van der Waals surface area (Å²) < 4.78 is 6.49. The molecule has 2 aromatic rings. The standard InChI is InChI=1S/C18H19IN2O2/c1-2-3-12-23-15-10-8-14(9-11-15)13-20-21-18(22)16-6-4-5-7-17(16)19/h4-11,13H,2-3,12H2,1H3,(H,21,22)/b20-13+. The summed E-state index contributed by atoms with van der Waals surface area (Å²) >= 11 is 2.13. The summed E-state index contributed by atoms with van der Waals surface area (Å²) in [5, 5.41) is 4.00. The van der Waals surface area contributed by atoms with Gasteiger partial charge in [0.1, 0.15) is 5.75 Å². The number of hydrogen-bond donors (Lipinski definition) is 1. The van der Waals surface area contributed by atoms with E-state index in [1.54, 1.807) is 12.3 Å². The average molecular weight is 422 g/mol. The van der Waals surface area contributed by atoms with Gasteiger partial charge in [-0.2, -0.15) is 5.10 Å². The minimum absolute atomic E-state index is 0.217. The number of nitrogens with zero attached hydrogens (tertiary/aromatic N) is 1. The van der Waals surface area contributed by atoms with Crippen molar-refractivity contribution in [3.05, 3.63) is 63.2 Å². The number of benzene rings is 2. The highest BCUT2D eigenvalue weighted by atomic mass is 127. The minimum atomic E-state index is -0.217. The Bertz CT molecular complexity index is 669. The van der Waals surface area contributed by atoms with Crippen molar-refractivity contribution in [2.75, 3.05) is 6.61 Å². The first-order valence-corrected chi connectivity index (χ1v) is 8.59. The van der Waals surface area contributed by atoms with Crippen LogP contribution in [0, 0.1) is 3.57 Å². The fraction of sp³-hybridized carbons (Fsp3) is 0.222. The van der Waals surface area contributed by atoms with Crippen LogP contribution in [0.25, 0.3) is 0 Å². The third kappa shape index (κ3) is 5.67. The monoisotopic (exact) mass is 422 g/mol. The van der Waals surface area contributed by atoms with E-state index < -0.39 is 0 Å². The molecule has 120 valence electrons. The topological polar surface area (TPSA) is 50.7 Å². The van der Waals surface area contributed by atoms with Crippen LogP contribution in [0.2, 0.25) is 0 Å². The molecule has 1 N–H and O–H groups in total. The maximum absolute atomic E-state index is 12.0. The van der Waals surface area contributed by atoms with Crippen molar-refractivity contribution in [3.63, 3.8) is 0 Å².